The van der Waals surface area contributed by atoms with Crippen molar-refractivity contribution in [3.05, 3.63) is 41.7 Å². The van der Waals surface area contributed by atoms with Gasteiger partial charge in [0.1, 0.15) is 12.1 Å². The molecule has 9 nitrogen and oxygen atoms in total. The van der Waals surface area contributed by atoms with E-state index in [1.54, 1.807) is 22.6 Å². The van der Waals surface area contributed by atoms with Gasteiger partial charge in [0.2, 0.25) is 11.8 Å². The lowest BCUT2D eigenvalue weighted by atomic mass is 9.85. The van der Waals surface area contributed by atoms with Crippen LogP contribution in [0.1, 0.15) is 44.5 Å². The Morgan fingerprint density at radius 2 is 1.97 bits per heavy atom. The van der Waals surface area contributed by atoms with Gasteiger partial charge in [0, 0.05) is 30.7 Å². The molecule has 1 fully saturated rings. The van der Waals surface area contributed by atoms with Gasteiger partial charge >= 0.3 is 0 Å². The van der Waals surface area contributed by atoms with Gasteiger partial charge in [-0.2, -0.15) is 0 Å². The number of thioether (sulfide) groups is 1. The van der Waals surface area contributed by atoms with Crippen LogP contribution in [0.5, 0.6) is 0 Å². The fraction of sp³-hybridized carbons (Fsp3) is 0.545. The molecule has 2 aromatic rings. The summed E-state index contributed by atoms with van der Waals surface area (Å²) in [7, 11) is 1.52. The van der Waals surface area contributed by atoms with Crippen LogP contribution in [-0.2, 0) is 21.9 Å². The van der Waals surface area contributed by atoms with Crippen LogP contribution in [0.4, 0.5) is 0 Å². The van der Waals surface area contributed by atoms with E-state index in [-0.39, 0.29) is 31.4 Å². The first-order valence-electron chi connectivity index (χ1n) is 10.6. The van der Waals surface area contributed by atoms with Gasteiger partial charge < -0.3 is 20.4 Å². The average Bonchev–Trinajstić information content (AvgIpc) is 3.37. The predicted molar refractivity (Wildman–Crippen MR) is 121 cm³/mol. The molecular formula is C22H31N5O4S. The smallest absolute Gasteiger partial charge is 0.248 e. The highest BCUT2D eigenvalue weighted by molar-refractivity contribution is 7.98. The number of aliphatic hydroxyl groups is 2. The minimum atomic E-state index is -0.734. The first kappa shape index (κ1) is 24.2. The monoisotopic (exact) mass is 461 g/mol. The number of hydrogen-bond donors (Lipinski definition) is 3. The van der Waals surface area contributed by atoms with Gasteiger partial charge in [-0.05, 0) is 23.1 Å². The SMILES string of the molecule is CNC(=O)[C@@H]1C[C@@H](O)CN1C(=O)[C@@H](n1cc(CSc2ccc(CO)cc2)nn1)C(C)(C)C. The number of carbonyl (C=O) groups is 2. The summed E-state index contributed by atoms with van der Waals surface area (Å²) in [4.78, 5) is 28.3. The maximum atomic E-state index is 13.5. The van der Waals surface area contributed by atoms with Gasteiger partial charge in [0.25, 0.3) is 0 Å². The highest BCUT2D eigenvalue weighted by atomic mass is 32.2. The molecule has 1 aliphatic heterocycles. The molecule has 3 N–H and O–H groups in total. The van der Waals surface area contributed by atoms with Crippen LogP contribution >= 0.6 is 11.8 Å². The maximum absolute atomic E-state index is 13.5. The minimum Gasteiger partial charge on any atom is -0.392 e. The first-order chi connectivity index (χ1) is 15.1. The van der Waals surface area contributed by atoms with E-state index in [9.17, 15) is 14.7 Å². The lowest BCUT2D eigenvalue weighted by Gasteiger charge is -2.34. The lowest BCUT2D eigenvalue weighted by molar-refractivity contribution is -0.144. The molecule has 0 radical (unpaired) electrons. The second kappa shape index (κ2) is 10.0. The Balaban J connectivity index is 1.77. The molecule has 10 heteroatoms. The quantitative estimate of drug-likeness (QED) is 0.533. The van der Waals surface area contributed by atoms with Crippen LogP contribution in [-0.4, -0.2) is 67.7 Å². The van der Waals surface area contributed by atoms with E-state index in [0.29, 0.717) is 5.75 Å². The second-order valence-corrected chi connectivity index (χ2v) is 10.1. The summed E-state index contributed by atoms with van der Waals surface area (Å²) in [6.07, 6.45) is 1.25. The van der Waals surface area contributed by atoms with Crippen LogP contribution < -0.4 is 5.32 Å². The molecule has 1 aromatic carbocycles. The number of likely N-dealkylation sites (N-methyl/N-ethyl adjacent to an activating group) is 1. The second-order valence-electron chi connectivity index (χ2n) is 9.06. The molecule has 0 saturated carbocycles. The van der Waals surface area contributed by atoms with Crippen LogP contribution in [0.25, 0.3) is 0 Å². The Labute approximate surface area is 192 Å². The van der Waals surface area contributed by atoms with Crippen molar-refractivity contribution >= 4 is 23.6 Å². The van der Waals surface area contributed by atoms with E-state index in [4.69, 9.17) is 5.11 Å². The number of carbonyl (C=O) groups excluding carboxylic acids is 2. The van der Waals surface area contributed by atoms with Crippen molar-refractivity contribution in [1.29, 1.82) is 0 Å². The lowest BCUT2D eigenvalue weighted by Crippen LogP contribution is -2.49. The molecule has 2 amide bonds. The van der Waals surface area contributed by atoms with Crippen molar-refractivity contribution in [1.82, 2.24) is 25.2 Å². The van der Waals surface area contributed by atoms with Gasteiger partial charge in [-0.15, -0.1) is 16.9 Å². The molecule has 32 heavy (non-hydrogen) atoms. The Kier molecular flexibility index (Phi) is 7.58. The molecule has 1 aliphatic rings. The number of β-amino-alcohol motifs (C(OH)–C–C–N with tert-alkyl or cyclic N) is 1. The Morgan fingerprint density at radius 3 is 2.56 bits per heavy atom. The normalized spacial score (nSPS) is 19.8. The third-order valence-corrected chi connectivity index (χ3v) is 6.53. The highest BCUT2D eigenvalue weighted by Gasteiger charge is 2.44. The summed E-state index contributed by atoms with van der Waals surface area (Å²) in [6.45, 7) is 5.95. The number of hydrogen-bond acceptors (Lipinski definition) is 7. The number of benzene rings is 1. The number of amides is 2. The average molecular weight is 462 g/mol. The predicted octanol–water partition coefficient (Wildman–Crippen LogP) is 1.36. The number of nitrogens with zero attached hydrogens (tertiary/aromatic N) is 4. The minimum absolute atomic E-state index is 0.0102. The molecule has 3 rings (SSSR count). The fourth-order valence-corrected chi connectivity index (χ4v) is 4.64. The molecule has 3 atom stereocenters. The summed E-state index contributed by atoms with van der Waals surface area (Å²) in [5, 5.41) is 30.3. The van der Waals surface area contributed by atoms with E-state index < -0.39 is 23.6 Å². The van der Waals surface area contributed by atoms with Crippen molar-refractivity contribution in [3.8, 4) is 0 Å². The van der Waals surface area contributed by atoms with Crippen LogP contribution in [0.15, 0.2) is 35.4 Å². The number of aromatic nitrogens is 3. The standard InChI is InChI=1S/C22H31N5O4S/c1-22(2,3)19(21(31)26-11-16(29)9-18(26)20(30)23-4)27-10-15(24-25-27)13-32-17-7-5-14(12-28)6-8-17/h5-8,10,16,18-19,28-29H,9,11-13H2,1-4H3,(H,23,30)/t16-,18+,19-/m1/s1. The van der Waals surface area contributed by atoms with Crippen molar-refractivity contribution in [2.75, 3.05) is 13.6 Å². The molecule has 174 valence electrons. The van der Waals surface area contributed by atoms with E-state index in [0.717, 1.165) is 16.2 Å². The zero-order valence-electron chi connectivity index (χ0n) is 18.9. The zero-order valence-corrected chi connectivity index (χ0v) is 19.7. The zero-order chi connectivity index (χ0) is 23.5. The summed E-state index contributed by atoms with van der Waals surface area (Å²) in [5.41, 5.74) is 1.09. The Hall–Kier alpha value is -2.43. The third kappa shape index (κ3) is 5.48. The summed E-state index contributed by atoms with van der Waals surface area (Å²) >= 11 is 1.59. The van der Waals surface area contributed by atoms with Crippen molar-refractivity contribution < 1.29 is 19.8 Å². The van der Waals surface area contributed by atoms with E-state index >= 15 is 0 Å². The topological polar surface area (TPSA) is 121 Å². The maximum Gasteiger partial charge on any atom is 0.248 e. The Morgan fingerprint density at radius 1 is 1.28 bits per heavy atom. The van der Waals surface area contributed by atoms with Crippen molar-refractivity contribution in [2.24, 2.45) is 5.41 Å². The molecule has 0 bridgehead atoms. The van der Waals surface area contributed by atoms with Crippen LogP contribution in [0.3, 0.4) is 0 Å². The molecule has 0 spiro atoms. The largest absolute Gasteiger partial charge is 0.392 e. The number of rotatable bonds is 7. The van der Waals surface area contributed by atoms with Crippen molar-refractivity contribution in [3.63, 3.8) is 0 Å². The Bertz CT molecular complexity index is 941. The van der Waals surface area contributed by atoms with Crippen LogP contribution in [0.2, 0.25) is 0 Å². The third-order valence-electron chi connectivity index (χ3n) is 5.48. The number of aliphatic hydroxyl groups excluding tert-OH is 2. The summed E-state index contributed by atoms with van der Waals surface area (Å²) < 4.78 is 1.57. The van der Waals surface area contributed by atoms with E-state index in [2.05, 4.69) is 15.6 Å². The van der Waals surface area contributed by atoms with Gasteiger partial charge in [0.15, 0.2) is 0 Å². The van der Waals surface area contributed by atoms with E-state index in [1.807, 2.05) is 45.0 Å². The van der Waals surface area contributed by atoms with Gasteiger partial charge in [-0.1, -0.05) is 38.1 Å². The molecule has 1 saturated heterocycles. The van der Waals surface area contributed by atoms with Gasteiger partial charge in [-0.25, -0.2) is 4.68 Å². The van der Waals surface area contributed by atoms with E-state index in [1.165, 1.54) is 11.9 Å². The van der Waals surface area contributed by atoms with Crippen molar-refractivity contribution in [2.45, 2.75) is 62.6 Å². The summed E-state index contributed by atoms with van der Waals surface area (Å²) in [6, 6.07) is 6.27. The number of likely N-dealkylation sites (tertiary alicyclic amines) is 1. The number of nitrogens with one attached hydrogen (secondary N) is 1. The molecule has 0 unspecified atom stereocenters. The summed E-state index contributed by atoms with van der Waals surface area (Å²) in [5.74, 6) is 0.0316. The van der Waals surface area contributed by atoms with Gasteiger partial charge in [0.05, 0.1) is 24.6 Å². The molecule has 2 heterocycles. The van der Waals surface area contributed by atoms with Crippen LogP contribution in [0, 0.1) is 5.41 Å². The molecule has 0 aliphatic carbocycles. The molecule has 1 aromatic heterocycles. The molecular weight excluding hydrogens is 430 g/mol. The fourth-order valence-electron chi connectivity index (χ4n) is 3.86. The first-order valence-corrected chi connectivity index (χ1v) is 11.6. The van der Waals surface area contributed by atoms with Gasteiger partial charge in [-0.3, -0.25) is 9.59 Å². The highest BCUT2D eigenvalue weighted by Crippen LogP contribution is 2.34.